The van der Waals surface area contributed by atoms with Gasteiger partial charge in [-0.1, -0.05) is 25.5 Å². The number of hydrogen-bond acceptors (Lipinski definition) is 3. The molecule has 1 aromatic carbocycles. The zero-order valence-electron chi connectivity index (χ0n) is 12.9. The fourth-order valence-corrected chi connectivity index (χ4v) is 2.83. The van der Waals surface area contributed by atoms with E-state index < -0.39 is 6.10 Å². The van der Waals surface area contributed by atoms with Gasteiger partial charge in [-0.3, -0.25) is 4.79 Å². The molecular formula is C17H25NO3. The average molecular weight is 291 g/mol. The number of methoxy groups -OCH3 is 1. The molecule has 2 rings (SSSR count). The van der Waals surface area contributed by atoms with Gasteiger partial charge >= 0.3 is 0 Å². The van der Waals surface area contributed by atoms with Crippen molar-refractivity contribution in [2.75, 3.05) is 20.2 Å². The predicted molar refractivity (Wildman–Crippen MR) is 82.2 cm³/mol. The van der Waals surface area contributed by atoms with Crippen molar-refractivity contribution < 1.29 is 14.6 Å². The summed E-state index contributed by atoms with van der Waals surface area (Å²) in [5.41, 5.74) is 0.819. The summed E-state index contributed by atoms with van der Waals surface area (Å²) in [6, 6.07) is 7.35. The van der Waals surface area contributed by atoms with Crippen LogP contribution in [0.5, 0.6) is 5.75 Å². The fourth-order valence-electron chi connectivity index (χ4n) is 2.83. The first-order valence-corrected chi connectivity index (χ1v) is 7.73. The van der Waals surface area contributed by atoms with Gasteiger partial charge < -0.3 is 14.7 Å². The molecule has 0 aromatic heterocycles. The molecule has 21 heavy (non-hydrogen) atoms. The van der Waals surface area contributed by atoms with E-state index in [0.717, 1.165) is 37.1 Å². The van der Waals surface area contributed by atoms with E-state index >= 15 is 0 Å². The summed E-state index contributed by atoms with van der Waals surface area (Å²) in [6.45, 7) is 3.31. The molecule has 1 saturated heterocycles. The van der Waals surface area contributed by atoms with Crippen LogP contribution in [0.1, 0.15) is 44.3 Å². The van der Waals surface area contributed by atoms with Gasteiger partial charge in [-0.25, -0.2) is 0 Å². The largest absolute Gasteiger partial charge is 0.497 e. The summed E-state index contributed by atoms with van der Waals surface area (Å²) >= 11 is 0. The number of nitrogens with zero attached hydrogens (tertiary/aromatic N) is 1. The van der Waals surface area contributed by atoms with Crippen molar-refractivity contribution in [3.05, 3.63) is 29.8 Å². The summed E-state index contributed by atoms with van der Waals surface area (Å²) in [4.78, 5) is 13.9. The lowest BCUT2D eigenvalue weighted by molar-refractivity contribution is -0.132. The number of aliphatic hydroxyl groups is 1. The van der Waals surface area contributed by atoms with Crippen molar-refractivity contribution in [2.45, 2.75) is 38.7 Å². The molecule has 1 aliphatic rings. The van der Waals surface area contributed by atoms with Crippen molar-refractivity contribution in [2.24, 2.45) is 5.92 Å². The molecule has 1 fully saturated rings. The maximum atomic E-state index is 12.1. The van der Waals surface area contributed by atoms with E-state index in [1.807, 2.05) is 29.2 Å². The van der Waals surface area contributed by atoms with Gasteiger partial charge in [0.2, 0.25) is 5.91 Å². The molecule has 4 heteroatoms. The van der Waals surface area contributed by atoms with Crippen LogP contribution in [-0.4, -0.2) is 36.1 Å². The van der Waals surface area contributed by atoms with Gasteiger partial charge in [0.25, 0.3) is 0 Å². The fraction of sp³-hybridized carbons (Fsp3) is 0.588. The van der Waals surface area contributed by atoms with Crippen LogP contribution in [0.4, 0.5) is 0 Å². The Kier molecular flexibility index (Phi) is 5.62. The van der Waals surface area contributed by atoms with Crippen molar-refractivity contribution >= 4 is 5.91 Å². The lowest BCUT2D eigenvalue weighted by Gasteiger charge is -2.24. The van der Waals surface area contributed by atoms with Gasteiger partial charge in [-0.2, -0.15) is 0 Å². The van der Waals surface area contributed by atoms with Crippen molar-refractivity contribution in [3.8, 4) is 5.75 Å². The maximum absolute atomic E-state index is 12.1. The van der Waals surface area contributed by atoms with E-state index in [0.29, 0.717) is 18.9 Å². The Labute approximate surface area is 126 Å². The Hall–Kier alpha value is -1.55. The highest BCUT2D eigenvalue weighted by atomic mass is 16.5. The third-order valence-electron chi connectivity index (χ3n) is 4.40. The second kappa shape index (κ2) is 7.46. The Morgan fingerprint density at radius 2 is 2.05 bits per heavy atom. The Bertz CT molecular complexity index is 458. The predicted octanol–water partition coefficient (Wildman–Crippen LogP) is 2.77. The second-order valence-corrected chi connectivity index (χ2v) is 5.73. The zero-order chi connectivity index (χ0) is 15.2. The lowest BCUT2D eigenvalue weighted by Crippen LogP contribution is -2.34. The number of carbonyl (C=O) groups excluding carboxylic acids is 1. The minimum absolute atomic E-state index is 0.165. The van der Waals surface area contributed by atoms with Crippen LogP contribution in [-0.2, 0) is 4.79 Å². The van der Waals surface area contributed by atoms with E-state index in [9.17, 15) is 9.90 Å². The molecule has 116 valence electrons. The van der Waals surface area contributed by atoms with Crippen molar-refractivity contribution in [1.29, 1.82) is 0 Å². The van der Waals surface area contributed by atoms with E-state index in [1.165, 1.54) is 0 Å². The number of amides is 1. The number of benzene rings is 1. The highest BCUT2D eigenvalue weighted by molar-refractivity contribution is 5.76. The summed E-state index contributed by atoms with van der Waals surface area (Å²) in [6.07, 6.45) is 3.11. The van der Waals surface area contributed by atoms with E-state index in [-0.39, 0.29) is 5.91 Å². The van der Waals surface area contributed by atoms with Gasteiger partial charge in [0.15, 0.2) is 0 Å². The molecule has 1 aliphatic heterocycles. The molecule has 0 spiro atoms. The first kappa shape index (κ1) is 15.8. The van der Waals surface area contributed by atoms with Crippen LogP contribution >= 0.6 is 0 Å². The monoisotopic (exact) mass is 291 g/mol. The zero-order valence-corrected chi connectivity index (χ0v) is 12.9. The van der Waals surface area contributed by atoms with Crippen LogP contribution in [0.3, 0.4) is 0 Å². The molecule has 0 saturated carbocycles. The van der Waals surface area contributed by atoms with Gasteiger partial charge in [-0.05, 0) is 36.5 Å². The molecule has 0 bridgehead atoms. The van der Waals surface area contributed by atoms with E-state index in [4.69, 9.17) is 4.74 Å². The lowest BCUT2D eigenvalue weighted by atomic mass is 9.98. The standard InChI is InChI=1S/C17H25NO3/c1-3-13-4-9-17(20)18(11-10-13)12-16(19)14-5-7-15(21-2)8-6-14/h5-8,13,16,19H,3-4,9-12H2,1-2H3. The summed E-state index contributed by atoms with van der Waals surface area (Å²) in [5.74, 6) is 1.57. The number of aliphatic hydroxyl groups excluding tert-OH is 1. The minimum Gasteiger partial charge on any atom is -0.497 e. The van der Waals surface area contributed by atoms with Gasteiger partial charge in [0, 0.05) is 13.0 Å². The number of carbonyl (C=O) groups is 1. The van der Waals surface area contributed by atoms with Crippen molar-refractivity contribution in [1.82, 2.24) is 4.90 Å². The third kappa shape index (κ3) is 4.21. The number of hydrogen-bond donors (Lipinski definition) is 1. The highest BCUT2D eigenvalue weighted by Gasteiger charge is 2.23. The maximum Gasteiger partial charge on any atom is 0.222 e. The molecule has 1 amide bonds. The summed E-state index contributed by atoms with van der Waals surface area (Å²) < 4.78 is 5.11. The van der Waals surface area contributed by atoms with Gasteiger partial charge in [0.05, 0.1) is 19.8 Å². The number of β-amino-alcohol motifs (C(OH)–C–C–N with tert-alkyl or cyclic N) is 1. The summed E-state index contributed by atoms with van der Waals surface area (Å²) in [5, 5.41) is 10.3. The Morgan fingerprint density at radius 3 is 2.67 bits per heavy atom. The normalized spacial score (nSPS) is 21.0. The van der Waals surface area contributed by atoms with Crippen LogP contribution in [0, 0.1) is 5.92 Å². The topological polar surface area (TPSA) is 49.8 Å². The first-order chi connectivity index (χ1) is 10.1. The highest BCUT2D eigenvalue weighted by Crippen LogP contribution is 2.24. The molecule has 0 aliphatic carbocycles. The van der Waals surface area contributed by atoms with E-state index in [1.54, 1.807) is 7.11 Å². The molecule has 1 aromatic rings. The van der Waals surface area contributed by atoms with Crippen LogP contribution in [0.15, 0.2) is 24.3 Å². The number of ether oxygens (including phenoxy) is 1. The molecule has 4 nitrogen and oxygen atoms in total. The SMILES string of the molecule is CCC1CCC(=O)N(CC(O)c2ccc(OC)cc2)CC1. The summed E-state index contributed by atoms with van der Waals surface area (Å²) in [7, 11) is 1.62. The molecule has 1 heterocycles. The average Bonchev–Trinajstić information content (AvgIpc) is 2.70. The molecule has 0 radical (unpaired) electrons. The van der Waals surface area contributed by atoms with Gasteiger partial charge in [0.1, 0.15) is 5.75 Å². The first-order valence-electron chi connectivity index (χ1n) is 7.73. The van der Waals surface area contributed by atoms with Crippen molar-refractivity contribution in [3.63, 3.8) is 0 Å². The molecular weight excluding hydrogens is 266 g/mol. The Balaban J connectivity index is 1.97. The van der Waals surface area contributed by atoms with Crippen LogP contribution in [0.25, 0.3) is 0 Å². The number of rotatable bonds is 5. The van der Waals surface area contributed by atoms with Crippen LogP contribution in [0.2, 0.25) is 0 Å². The quantitative estimate of drug-likeness (QED) is 0.907. The van der Waals surface area contributed by atoms with Gasteiger partial charge in [-0.15, -0.1) is 0 Å². The van der Waals surface area contributed by atoms with Crippen LogP contribution < -0.4 is 4.74 Å². The number of likely N-dealkylation sites (tertiary alicyclic amines) is 1. The van der Waals surface area contributed by atoms with E-state index in [2.05, 4.69) is 6.92 Å². The Morgan fingerprint density at radius 1 is 1.33 bits per heavy atom. The second-order valence-electron chi connectivity index (χ2n) is 5.73. The third-order valence-corrected chi connectivity index (χ3v) is 4.40. The molecule has 2 unspecified atom stereocenters. The smallest absolute Gasteiger partial charge is 0.222 e. The minimum atomic E-state index is -0.641. The molecule has 1 N–H and O–H groups in total. The molecule has 2 atom stereocenters.